The quantitative estimate of drug-likeness (QED) is 0.692. The number of hydrogen-bond acceptors (Lipinski definition) is 5. The SMILES string of the molecule is CC(C)c1cc(Oc2c(Cl)cnc(NCC(=O)O)c2Cl)ccc1O. The van der Waals surface area contributed by atoms with Crippen LogP contribution in [0.4, 0.5) is 5.82 Å². The lowest BCUT2D eigenvalue weighted by molar-refractivity contribution is -0.134. The third-order valence-corrected chi connectivity index (χ3v) is 3.80. The number of nitrogens with one attached hydrogen (secondary N) is 1. The molecule has 2 aromatic rings. The highest BCUT2D eigenvalue weighted by molar-refractivity contribution is 6.38. The van der Waals surface area contributed by atoms with Gasteiger partial charge in [0.25, 0.3) is 0 Å². The Morgan fingerprint density at radius 3 is 2.71 bits per heavy atom. The smallest absolute Gasteiger partial charge is 0.322 e. The maximum absolute atomic E-state index is 10.6. The molecule has 3 N–H and O–H groups in total. The second kappa shape index (κ2) is 7.59. The zero-order valence-electron chi connectivity index (χ0n) is 13.0. The van der Waals surface area contributed by atoms with Gasteiger partial charge in [-0.1, -0.05) is 37.0 Å². The van der Waals surface area contributed by atoms with Gasteiger partial charge in [0.1, 0.15) is 33.9 Å². The minimum atomic E-state index is -1.05. The van der Waals surface area contributed by atoms with E-state index in [2.05, 4.69) is 10.3 Å². The molecule has 0 saturated heterocycles. The Morgan fingerprint density at radius 1 is 1.38 bits per heavy atom. The molecule has 0 fully saturated rings. The molecule has 0 unspecified atom stereocenters. The average Bonchev–Trinajstić information content (AvgIpc) is 2.51. The normalized spacial score (nSPS) is 10.7. The summed E-state index contributed by atoms with van der Waals surface area (Å²) in [5.74, 6) is -0.0261. The van der Waals surface area contributed by atoms with Crippen molar-refractivity contribution in [2.75, 3.05) is 11.9 Å². The Morgan fingerprint density at radius 2 is 2.08 bits per heavy atom. The number of rotatable bonds is 6. The van der Waals surface area contributed by atoms with Crippen LogP contribution in [0.2, 0.25) is 10.0 Å². The zero-order valence-corrected chi connectivity index (χ0v) is 14.5. The van der Waals surface area contributed by atoms with Crippen molar-refractivity contribution in [3.8, 4) is 17.2 Å². The third kappa shape index (κ3) is 4.21. The topological polar surface area (TPSA) is 91.7 Å². The predicted molar refractivity (Wildman–Crippen MR) is 92.7 cm³/mol. The molecule has 1 heterocycles. The minimum absolute atomic E-state index is 0.0721. The number of phenolic OH excluding ortho intramolecular Hbond substituents is 1. The Hall–Kier alpha value is -2.18. The molecule has 128 valence electrons. The van der Waals surface area contributed by atoms with Gasteiger partial charge in [-0.2, -0.15) is 0 Å². The number of anilines is 1. The molecule has 0 spiro atoms. The number of carboxylic acid groups (broad SMARTS) is 1. The van der Waals surface area contributed by atoms with Gasteiger partial charge in [-0.3, -0.25) is 4.79 Å². The van der Waals surface area contributed by atoms with Crippen LogP contribution in [0, 0.1) is 0 Å². The van der Waals surface area contributed by atoms with Gasteiger partial charge in [-0.05, 0) is 24.1 Å². The van der Waals surface area contributed by atoms with Crippen LogP contribution >= 0.6 is 23.2 Å². The summed E-state index contributed by atoms with van der Waals surface area (Å²) in [6.45, 7) is 3.54. The van der Waals surface area contributed by atoms with Gasteiger partial charge < -0.3 is 20.3 Å². The fourth-order valence-electron chi connectivity index (χ4n) is 2.00. The lowest BCUT2D eigenvalue weighted by Gasteiger charge is -2.15. The van der Waals surface area contributed by atoms with Gasteiger partial charge in [0.05, 0.1) is 6.20 Å². The molecule has 1 aromatic carbocycles. The first kappa shape index (κ1) is 18.2. The largest absolute Gasteiger partial charge is 0.508 e. The lowest BCUT2D eigenvalue weighted by atomic mass is 10.0. The fraction of sp³-hybridized carbons (Fsp3) is 0.250. The van der Waals surface area contributed by atoms with Gasteiger partial charge in [0, 0.05) is 5.56 Å². The van der Waals surface area contributed by atoms with Crippen LogP contribution in [-0.2, 0) is 4.79 Å². The number of hydrogen-bond donors (Lipinski definition) is 3. The number of phenols is 1. The summed E-state index contributed by atoms with van der Waals surface area (Å²) in [6, 6.07) is 4.80. The van der Waals surface area contributed by atoms with Crippen molar-refractivity contribution in [2.24, 2.45) is 0 Å². The lowest BCUT2D eigenvalue weighted by Crippen LogP contribution is -2.13. The van der Waals surface area contributed by atoms with E-state index in [0.717, 1.165) is 5.56 Å². The monoisotopic (exact) mass is 370 g/mol. The molecule has 0 amide bonds. The molecule has 1 aromatic heterocycles. The summed E-state index contributed by atoms with van der Waals surface area (Å²) >= 11 is 12.3. The molecule has 0 bridgehead atoms. The molecule has 0 atom stereocenters. The van der Waals surface area contributed by atoms with Crippen molar-refractivity contribution < 1.29 is 19.7 Å². The van der Waals surface area contributed by atoms with Crippen LogP contribution < -0.4 is 10.1 Å². The van der Waals surface area contributed by atoms with E-state index < -0.39 is 5.97 Å². The van der Waals surface area contributed by atoms with Gasteiger partial charge in [-0.15, -0.1) is 0 Å². The van der Waals surface area contributed by atoms with E-state index in [0.29, 0.717) is 5.75 Å². The predicted octanol–water partition coefficient (Wildman–Crippen LogP) is 4.51. The molecular weight excluding hydrogens is 355 g/mol. The van der Waals surface area contributed by atoms with Crippen molar-refractivity contribution >= 4 is 35.0 Å². The number of carbonyl (C=O) groups is 1. The number of halogens is 2. The molecule has 0 aliphatic heterocycles. The number of carboxylic acids is 1. The standard InChI is InChI=1S/C16H16Cl2N2O4/c1-8(2)10-5-9(3-4-12(10)21)24-15-11(17)6-19-16(14(15)18)20-7-13(22)23/h3-6,8,21H,7H2,1-2H3,(H,19,20)(H,22,23). The highest BCUT2D eigenvalue weighted by Crippen LogP contribution is 2.40. The first-order valence-electron chi connectivity index (χ1n) is 7.10. The number of aromatic hydroxyl groups is 1. The molecule has 0 saturated carbocycles. The number of ether oxygens (including phenoxy) is 1. The van der Waals surface area contributed by atoms with Gasteiger partial charge in [-0.25, -0.2) is 4.98 Å². The van der Waals surface area contributed by atoms with Gasteiger partial charge >= 0.3 is 5.97 Å². The summed E-state index contributed by atoms with van der Waals surface area (Å²) in [6.07, 6.45) is 1.32. The van der Waals surface area contributed by atoms with Crippen LogP contribution in [0.25, 0.3) is 0 Å². The average molecular weight is 371 g/mol. The highest BCUT2D eigenvalue weighted by atomic mass is 35.5. The molecule has 6 nitrogen and oxygen atoms in total. The summed E-state index contributed by atoms with van der Waals surface area (Å²) in [5, 5.41) is 21.4. The summed E-state index contributed by atoms with van der Waals surface area (Å²) in [7, 11) is 0. The summed E-state index contributed by atoms with van der Waals surface area (Å²) < 4.78 is 5.73. The second-order valence-corrected chi connectivity index (χ2v) is 6.11. The molecule has 2 rings (SSSR count). The van der Waals surface area contributed by atoms with Crippen LogP contribution in [0.1, 0.15) is 25.3 Å². The Balaban J connectivity index is 2.34. The number of pyridine rings is 1. The minimum Gasteiger partial charge on any atom is -0.508 e. The van der Waals surface area contributed by atoms with E-state index in [-0.39, 0.29) is 39.8 Å². The van der Waals surface area contributed by atoms with Gasteiger partial charge in [0.15, 0.2) is 5.75 Å². The summed E-state index contributed by atoms with van der Waals surface area (Å²) in [5.41, 5.74) is 0.720. The Bertz CT molecular complexity index is 766. The number of aliphatic carboxylic acids is 1. The summed E-state index contributed by atoms with van der Waals surface area (Å²) in [4.78, 5) is 14.6. The Kier molecular flexibility index (Phi) is 5.75. The highest BCUT2D eigenvalue weighted by Gasteiger charge is 2.16. The molecule has 0 aliphatic carbocycles. The molecule has 8 heteroatoms. The van der Waals surface area contributed by atoms with E-state index >= 15 is 0 Å². The fourth-order valence-corrected chi connectivity index (χ4v) is 2.49. The maximum Gasteiger partial charge on any atom is 0.322 e. The van der Waals surface area contributed by atoms with Crippen LogP contribution in [-0.4, -0.2) is 27.7 Å². The Labute approximate surface area is 149 Å². The second-order valence-electron chi connectivity index (χ2n) is 5.32. The van der Waals surface area contributed by atoms with Crippen molar-refractivity contribution in [2.45, 2.75) is 19.8 Å². The number of benzene rings is 1. The van der Waals surface area contributed by atoms with E-state index in [4.69, 9.17) is 33.0 Å². The van der Waals surface area contributed by atoms with Crippen LogP contribution in [0.3, 0.4) is 0 Å². The van der Waals surface area contributed by atoms with Crippen molar-refractivity contribution in [3.05, 3.63) is 40.0 Å². The number of aromatic nitrogens is 1. The molecule has 24 heavy (non-hydrogen) atoms. The first-order chi connectivity index (χ1) is 11.3. The van der Waals surface area contributed by atoms with Crippen molar-refractivity contribution in [1.82, 2.24) is 4.98 Å². The first-order valence-corrected chi connectivity index (χ1v) is 7.85. The van der Waals surface area contributed by atoms with E-state index in [1.54, 1.807) is 12.1 Å². The van der Waals surface area contributed by atoms with Gasteiger partial charge in [0.2, 0.25) is 0 Å². The number of nitrogens with zero attached hydrogens (tertiary/aromatic N) is 1. The van der Waals surface area contributed by atoms with Crippen molar-refractivity contribution in [1.29, 1.82) is 0 Å². The third-order valence-electron chi connectivity index (χ3n) is 3.18. The van der Waals surface area contributed by atoms with E-state index in [1.165, 1.54) is 12.3 Å². The van der Waals surface area contributed by atoms with E-state index in [1.807, 2.05) is 13.8 Å². The molecular formula is C16H16Cl2N2O4. The molecule has 0 aliphatic rings. The maximum atomic E-state index is 10.6. The van der Waals surface area contributed by atoms with E-state index in [9.17, 15) is 9.90 Å². The zero-order chi connectivity index (χ0) is 17.9. The van der Waals surface area contributed by atoms with Crippen LogP contribution in [0.5, 0.6) is 17.2 Å². The van der Waals surface area contributed by atoms with Crippen molar-refractivity contribution in [3.63, 3.8) is 0 Å². The van der Waals surface area contributed by atoms with Crippen LogP contribution in [0.15, 0.2) is 24.4 Å². The molecule has 0 radical (unpaired) electrons.